The van der Waals surface area contributed by atoms with Crippen LogP contribution in [0, 0.1) is 23.2 Å². The number of carbonyl (C=O) groups is 5. The van der Waals surface area contributed by atoms with Gasteiger partial charge in [-0.05, 0) is 68.1 Å². The lowest BCUT2D eigenvalue weighted by molar-refractivity contribution is -0.172. The zero-order chi connectivity index (χ0) is 37.8. The van der Waals surface area contributed by atoms with Gasteiger partial charge in [-0.1, -0.05) is 59.8 Å². The molecule has 52 heavy (non-hydrogen) atoms. The Balaban J connectivity index is 1.43. The Morgan fingerprint density at radius 1 is 0.923 bits per heavy atom. The number of fused-ring (bicyclic) bond motifs is 1. The van der Waals surface area contributed by atoms with Crippen molar-refractivity contribution in [3.8, 4) is 0 Å². The van der Waals surface area contributed by atoms with Gasteiger partial charge < -0.3 is 20.9 Å². The normalized spacial score (nSPS) is 24.7. The lowest BCUT2D eigenvalue weighted by atomic mass is 9.79. The first kappa shape index (κ1) is 39.6. The minimum absolute atomic E-state index is 0.0292. The first-order valence-corrected chi connectivity index (χ1v) is 18.9. The van der Waals surface area contributed by atoms with Crippen LogP contribution in [0.25, 0.3) is 0 Å². The van der Waals surface area contributed by atoms with E-state index in [9.17, 15) is 24.0 Å². The van der Waals surface area contributed by atoms with Crippen molar-refractivity contribution in [3.05, 3.63) is 24.3 Å². The van der Waals surface area contributed by atoms with Crippen molar-refractivity contribution < 1.29 is 37.1 Å². The van der Waals surface area contributed by atoms with Crippen LogP contribution in [0.2, 0.25) is 0 Å². The number of alkyl halides is 3. The van der Waals surface area contributed by atoms with E-state index in [1.165, 1.54) is 23.5 Å². The van der Waals surface area contributed by atoms with Crippen molar-refractivity contribution >= 4 is 29.4 Å². The first-order valence-electron chi connectivity index (χ1n) is 18.9. The molecule has 4 amide bonds. The highest BCUT2D eigenvalue weighted by Gasteiger charge is 2.55. The van der Waals surface area contributed by atoms with E-state index in [2.05, 4.69) is 31.2 Å². The summed E-state index contributed by atoms with van der Waals surface area (Å²) in [6.07, 6.45) is 6.81. The predicted octanol–water partition coefficient (Wildman–Crippen LogP) is 3.85. The zero-order valence-corrected chi connectivity index (χ0v) is 30.6. The molecular weight excluding hydrogens is 679 g/mol. The number of amides is 4. The van der Waals surface area contributed by atoms with Crippen LogP contribution >= 0.6 is 0 Å². The summed E-state index contributed by atoms with van der Waals surface area (Å²) < 4.78 is 45.9. The van der Waals surface area contributed by atoms with E-state index in [0.29, 0.717) is 38.5 Å². The average Bonchev–Trinajstić information content (AvgIpc) is 3.66. The molecule has 0 radical (unpaired) electrons. The van der Waals surface area contributed by atoms with E-state index in [4.69, 9.17) is 0 Å². The number of carbonyl (C=O) groups excluding carboxylic acids is 5. The summed E-state index contributed by atoms with van der Waals surface area (Å²) in [5, 5.41) is 10.8. The fraction of sp³-hybridized carbons (Fsp3) is 0.757. The maximum Gasteiger partial charge on any atom is 0.405 e. The number of nitrogens with one attached hydrogen (secondary N) is 4. The van der Waals surface area contributed by atoms with E-state index < -0.39 is 77.1 Å². The van der Waals surface area contributed by atoms with Crippen LogP contribution in [0.3, 0.4) is 0 Å². The molecule has 288 valence electrons. The predicted molar refractivity (Wildman–Crippen MR) is 185 cm³/mol. The first-order chi connectivity index (χ1) is 24.6. The molecule has 1 saturated heterocycles. The van der Waals surface area contributed by atoms with Gasteiger partial charge in [-0.25, -0.2) is 4.98 Å². The highest BCUT2D eigenvalue weighted by Crippen LogP contribution is 2.44. The Morgan fingerprint density at radius 3 is 2.23 bits per heavy atom. The molecule has 2 heterocycles. The third-order valence-corrected chi connectivity index (χ3v) is 11.2. The van der Waals surface area contributed by atoms with E-state index in [0.717, 1.165) is 32.1 Å². The Hall–Kier alpha value is -3.62. The Morgan fingerprint density at radius 2 is 1.63 bits per heavy atom. The second-order valence-corrected chi connectivity index (χ2v) is 16.2. The third-order valence-electron chi connectivity index (χ3n) is 11.2. The van der Waals surface area contributed by atoms with E-state index in [1.807, 2.05) is 6.92 Å². The number of aromatic nitrogens is 2. The summed E-state index contributed by atoms with van der Waals surface area (Å²) >= 11 is 0. The van der Waals surface area contributed by atoms with Crippen LogP contribution < -0.4 is 21.3 Å². The lowest BCUT2D eigenvalue weighted by Crippen LogP contribution is -2.67. The molecule has 4 N–H and O–H groups in total. The monoisotopic (exact) mass is 733 g/mol. The molecule has 0 aromatic carbocycles. The molecule has 4 fully saturated rings. The van der Waals surface area contributed by atoms with Crippen molar-refractivity contribution in [1.29, 1.82) is 0 Å². The van der Waals surface area contributed by atoms with Crippen molar-refractivity contribution in [2.24, 2.45) is 23.2 Å². The molecule has 0 spiro atoms. The fourth-order valence-electron chi connectivity index (χ4n) is 8.37. The molecule has 3 saturated carbocycles. The Kier molecular flexibility index (Phi) is 12.6. The van der Waals surface area contributed by atoms with E-state index in [1.54, 1.807) is 20.8 Å². The summed E-state index contributed by atoms with van der Waals surface area (Å²) in [6.45, 7) is 7.03. The molecule has 15 heteroatoms. The van der Waals surface area contributed by atoms with Crippen LogP contribution in [0.5, 0.6) is 0 Å². The number of rotatable bonds is 14. The summed E-state index contributed by atoms with van der Waals surface area (Å²) in [5.41, 5.74) is -1.16. The number of likely N-dealkylation sites (tertiary alicyclic amines) is 1. The van der Waals surface area contributed by atoms with Gasteiger partial charge in [0, 0.05) is 25.0 Å². The molecule has 5 rings (SSSR count). The highest BCUT2D eigenvalue weighted by molar-refractivity contribution is 6.38. The number of hydrogen-bond donors (Lipinski definition) is 4. The maximum atomic E-state index is 15.3. The number of Topliss-reactive ketones (excluding diaryl/α,β-unsaturated/α-hetero) is 1. The number of nitrogens with zero attached hydrogens (tertiary/aromatic N) is 3. The van der Waals surface area contributed by atoms with Crippen LogP contribution in [0.4, 0.5) is 13.2 Å². The van der Waals surface area contributed by atoms with E-state index in [-0.39, 0.29) is 36.5 Å². The fourth-order valence-corrected chi connectivity index (χ4v) is 8.37. The molecule has 12 nitrogen and oxygen atoms in total. The van der Waals surface area contributed by atoms with Crippen molar-refractivity contribution in [3.63, 3.8) is 0 Å². The largest absolute Gasteiger partial charge is 0.405 e. The minimum atomic E-state index is -4.87. The molecule has 3 unspecified atom stereocenters. The van der Waals surface area contributed by atoms with Crippen LogP contribution in [0.1, 0.15) is 115 Å². The minimum Gasteiger partial charge on any atom is -0.347 e. The number of hydrogen-bond acceptors (Lipinski definition) is 8. The summed E-state index contributed by atoms with van der Waals surface area (Å²) in [6, 6.07) is -7.25. The quantitative estimate of drug-likeness (QED) is 0.210. The zero-order valence-electron chi connectivity index (χ0n) is 30.6. The smallest absolute Gasteiger partial charge is 0.347 e. The van der Waals surface area contributed by atoms with Crippen molar-refractivity contribution in [2.45, 2.75) is 147 Å². The van der Waals surface area contributed by atoms with Gasteiger partial charge in [-0.2, -0.15) is 13.2 Å². The van der Waals surface area contributed by atoms with Gasteiger partial charge in [0.1, 0.15) is 17.8 Å². The molecule has 4 aliphatic rings. The van der Waals surface area contributed by atoms with Crippen LogP contribution in [-0.4, -0.2) is 93.3 Å². The van der Waals surface area contributed by atoms with Gasteiger partial charge in [0.2, 0.25) is 17.6 Å². The van der Waals surface area contributed by atoms with Crippen LogP contribution in [-0.2, 0) is 19.2 Å². The molecule has 3 aliphatic carbocycles. The van der Waals surface area contributed by atoms with E-state index >= 15 is 13.2 Å². The van der Waals surface area contributed by atoms with Gasteiger partial charge in [-0.15, -0.1) is 0 Å². The third kappa shape index (κ3) is 9.48. The lowest BCUT2D eigenvalue weighted by Gasteiger charge is -2.43. The molecule has 0 bridgehead atoms. The second kappa shape index (κ2) is 16.6. The van der Waals surface area contributed by atoms with Gasteiger partial charge in [0.15, 0.2) is 0 Å². The molecule has 1 aliphatic heterocycles. The van der Waals surface area contributed by atoms with Gasteiger partial charge in [0.25, 0.3) is 11.8 Å². The summed E-state index contributed by atoms with van der Waals surface area (Å²) in [4.78, 5) is 77.2. The SMILES string of the molecule is CCCC(NC(=O)[C@@H]1[C@H]2CCC[C@H]2CN1C(=O)[C@@H](NC(C(NC(=O)c1cnccn1)C1CCCCC1)C(F)(F)F)C(C)(C)C)C(=O)C(=O)NC1CC1. The van der Waals surface area contributed by atoms with Crippen LogP contribution in [0.15, 0.2) is 18.6 Å². The Labute approximate surface area is 303 Å². The molecule has 1 aromatic heterocycles. The average molecular weight is 734 g/mol. The topological polar surface area (TPSA) is 162 Å². The number of ketones is 1. The molecular formula is C37H54F3N7O5. The molecule has 7 atom stereocenters. The number of halogens is 3. The second-order valence-electron chi connectivity index (χ2n) is 16.2. The summed E-state index contributed by atoms with van der Waals surface area (Å²) in [7, 11) is 0. The van der Waals surface area contributed by atoms with Gasteiger partial charge in [0.05, 0.1) is 24.3 Å². The highest BCUT2D eigenvalue weighted by atomic mass is 19.4. The maximum absolute atomic E-state index is 15.3. The van der Waals surface area contributed by atoms with Gasteiger partial charge >= 0.3 is 6.18 Å². The standard InChI is InChI=1S/C37H54F3N7O5/c1-5-10-25(29(48)34(51)43-23-15-16-23)44-33(50)28-24-14-9-13-22(24)20-47(28)35(52)31(36(2,3)4)46-30(37(38,39)40)27(21-11-7-6-8-12-21)45-32(49)26-19-41-17-18-42-26/h17-19,21-25,27-28,30-31,46H,5-16,20H2,1-4H3,(H,43,51)(H,44,50)(H,45,49)/t22-,24-,25?,27?,28-,30?,31+/m0/s1. The van der Waals surface area contributed by atoms with Gasteiger partial charge in [-0.3, -0.25) is 34.3 Å². The Bertz CT molecular complexity index is 1440. The van der Waals surface area contributed by atoms with Crippen molar-refractivity contribution in [2.75, 3.05) is 6.54 Å². The summed E-state index contributed by atoms with van der Waals surface area (Å²) in [5.74, 6) is -4.30. The molecule has 1 aromatic rings. The van der Waals surface area contributed by atoms with Crippen molar-refractivity contribution in [1.82, 2.24) is 36.1 Å².